The van der Waals surface area contributed by atoms with Crippen LogP contribution >= 0.6 is 23.4 Å². The highest BCUT2D eigenvalue weighted by atomic mass is 35.5. The fourth-order valence-corrected chi connectivity index (χ4v) is 2.73. The molecule has 4 nitrogen and oxygen atoms in total. The van der Waals surface area contributed by atoms with Gasteiger partial charge in [0.05, 0.1) is 16.9 Å². The average molecular weight is 306 g/mol. The van der Waals surface area contributed by atoms with Gasteiger partial charge in [-0.25, -0.2) is 4.90 Å². The fourth-order valence-electron chi connectivity index (χ4n) is 1.78. The number of imide groups is 1. The van der Waals surface area contributed by atoms with Gasteiger partial charge in [0.2, 0.25) is 0 Å². The Hall–Kier alpha value is -1.98. The molecule has 1 fully saturated rings. The van der Waals surface area contributed by atoms with Crippen molar-refractivity contribution < 1.29 is 14.0 Å². The van der Waals surface area contributed by atoms with Crippen LogP contribution in [-0.2, 0) is 4.79 Å². The standard InChI is InChI=1S/C14H8ClNO3S/c15-9-3-5-10(6-4-9)16-13(17)12(20-14(16)18)8-11-2-1-7-19-11/h1-8H. The van der Waals surface area contributed by atoms with Crippen LogP contribution in [0.15, 0.2) is 52.0 Å². The number of hydrogen-bond donors (Lipinski definition) is 0. The molecule has 3 rings (SSSR count). The van der Waals surface area contributed by atoms with Gasteiger partial charge < -0.3 is 4.42 Å². The monoisotopic (exact) mass is 305 g/mol. The van der Waals surface area contributed by atoms with Crippen LogP contribution in [0.3, 0.4) is 0 Å². The van der Waals surface area contributed by atoms with E-state index in [1.165, 1.54) is 6.26 Å². The third-order valence-electron chi connectivity index (χ3n) is 2.70. The summed E-state index contributed by atoms with van der Waals surface area (Å²) in [7, 11) is 0. The van der Waals surface area contributed by atoms with E-state index in [9.17, 15) is 9.59 Å². The molecule has 6 heteroatoms. The number of nitrogens with zero attached hydrogens (tertiary/aromatic N) is 1. The van der Waals surface area contributed by atoms with E-state index in [2.05, 4.69) is 0 Å². The lowest BCUT2D eigenvalue weighted by atomic mass is 10.3. The summed E-state index contributed by atoms with van der Waals surface area (Å²) in [5.74, 6) is 0.172. The highest BCUT2D eigenvalue weighted by Gasteiger charge is 2.36. The van der Waals surface area contributed by atoms with Crippen molar-refractivity contribution in [2.75, 3.05) is 4.90 Å². The molecule has 100 valence electrons. The van der Waals surface area contributed by atoms with Crippen LogP contribution in [0.2, 0.25) is 5.02 Å². The van der Waals surface area contributed by atoms with Gasteiger partial charge in [0.25, 0.3) is 11.1 Å². The van der Waals surface area contributed by atoms with E-state index in [0.29, 0.717) is 21.4 Å². The molecule has 0 atom stereocenters. The molecular formula is C14H8ClNO3S. The first-order valence-electron chi connectivity index (χ1n) is 5.72. The van der Waals surface area contributed by atoms with Crippen LogP contribution in [0.5, 0.6) is 0 Å². The smallest absolute Gasteiger partial charge is 0.298 e. The fraction of sp³-hybridized carbons (Fsp3) is 0. The molecule has 0 unspecified atom stereocenters. The van der Waals surface area contributed by atoms with E-state index in [4.69, 9.17) is 16.0 Å². The van der Waals surface area contributed by atoms with Gasteiger partial charge in [0, 0.05) is 11.1 Å². The largest absolute Gasteiger partial charge is 0.465 e. The number of benzene rings is 1. The van der Waals surface area contributed by atoms with Crippen LogP contribution in [0.4, 0.5) is 10.5 Å². The quantitative estimate of drug-likeness (QED) is 0.781. The molecule has 2 heterocycles. The van der Waals surface area contributed by atoms with E-state index in [1.807, 2.05) is 0 Å². The lowest BCUT2D eigenvalue weighted by Gasteiger charge is -2.11. The average Bonchev–Trinajstić information content (AvgIpc) is 3.02. The second kappa shape index (κ2) is 5.19. The van der Waals surface area contributed by atoms with Crippen molar-refractivity contribution in [1.82, 2.24) is 0 Å². The normalized spacial score (nSPS) is 17.2. The lowest BCUT2D eigenvalue weighted by Crippen LogP contribution is -2.27. The highest BCUT2D eigenvalue weighted by Crippen LogP contribution is 2.35. The van der Waals surface area contributed by atoms with E-state index in [-0.39, 0.29) is 11.1 Å². The predicted molar refractivity (Wildman–Crippen MR) is 78.6 cm³/mol. The minimum Gasteiger partial charge on any atom is -0.465 e. The molecule has 1 aliphatic heterocycles. The topological polar surface area (TPSA) is 50.5 Å². The minimum atomic E-state index is -0.362. The molecule has 1 aromatic carbocycles. The van der Waals surface area contributed by atoms with Crippen LogP contribution in [0.25, 0.3) is 6.08 Å². The molecule has 2 amide bonds. The van der Waals surface area contributed by atoms with E-state index in [1.54, 1.807) is 42.5 Å². The molecule has 2 aromatic rings. The Balaban J connectivity index is 1.93. The number of furan rings is 1. The Kier molecular flexibility index (Phi) is 3.38. The summed E-state index contributed by atoms with van der Waals surface area (Å²) in [6.45, 7) is 0. The summed E-state index contributed by atoms with van der Waals surface area (Å²) in [5, 5.41) is 0.210. The van der Waals surface area contributed by atoms with Gasteiger partial charge in [-0.3, -0.25) is 9.59 Å². The molecule has 0 bridgehead atoms. The molecule has 1 aliphatic rings. The number of amides is 2. The van der Waals surface area contributed by atoms with E-state index >= 15 is 0 Å². The second-order valence-corrected chi connectivity index (χ2v) is 5.44. The number of rotatable bonds is 2. The highest BCUT2D eigenvalue weighted by molar-refractivity contribution is 8.19. The van der Waals surface area contributed by atoms with Crippen molar-refractivity contribution in [1.29, 1.82) is 0 Å². The summed E-state index contributed by atoms with van der Waals surface area (Å²) in [4.78, 5) is 25.7. The molecule has 1 aromatic heterocycles. The van der Waals surface area contributed by atoms with Gasteiger partial charge in [0.1, 0.15) is 5.76 Å². The molecule has 20 heavy (non-hydrogen) atoms. The first-order valence-corrected chi connectivity index (χ1v) is 6.91. The van der Waals surface area contributed by atoms with E-state index < -0.39 is 0 Å². The molecule has 0 spiro atoms. The van der Waals surface area contributed by atoms with E-state index in [0.717, 1.165) is 16.7 Å². The SMILES string of the molecule is O=C1SC(=Cc2ccco2)C(=O)N1c1ccc(Cl)cc1. The van der Waals surface area contributed by atoms with Crippen LogP contribution in [0, 0.1) is 0 Å². The number of hydrogen-bond acceptors (Lipinski definition) is 4. The Morgan fingerprint density at radius 3 is 2.55 bits per heavy atom. The molecular weight excluding hydrogens is 298 g/mol. The van der Waals surface area contributed by atoms with Gasteiger partial charge >= 0.3 is 0 Å². The Bertz CT molecular complexity index is 692. The van der Waals surface area contributed by atoms with Gasteiger partial charge in [-0.15, -0.1) is 0 Å². The first kappa shape index (κ1) is 13.0. The summed E-state index contributed by atoms with van der Waals surface area (Å²) >= 11 is 6.68. The van der Waals surface area contributed by atoms with Crippen LogP contribution < -0.4 is 4.90 Å². The zero-order chi connectivity index (χ0) is 14.1. The number of carbonyl (C=O) groups is 2. The van der Waals surface area contributed by atoms with Crippen molar-refractivity contribution >= 4 is 46.3 Å². The maximum Gasteiger partial charge on any atom is 0.298 e. The summed E-state index contributed by atoms with van der Waals surface area (Å²) in [6.07, 6.45) is 3.07. The molecule has 0 radical (unpaired) electrons. The van der Waals surface area contributed by atoms with Crippen LogP contribution in [0.1, 0.15) is 5.76 Å². The summed E-state index contributed by atoms with van der Waals surface area (Å²) in [5.41, 5.74) is 0.500. The summed E-state index contributed by atoms with van der Waals surface area (Å²) in [6, 6.07) is 9.97. The van der Waals surface area contributed by atoms with Gasteiger partial charge in [-0.2, -0.15) is 0 Å². The number of thioether (sulfide) groups is 1. The number of halogens is 1. The second-order valence-electron chi connectivity index (χ2n) is 4.01. The van der Waals surface area contributed by atoms with Crippen molar-refractivity contribution in [3.05, 3.63) is 58.3 Å². The first-order chi connectivity index (χ1) is 9.65. The Morgan fingerprint density at radius 1 is 1.15 bits per heavy atom. The Labute approximate surface area is 124 Å². The predicted octanol–water partition coefficient (Wildman–Crippen LogP) is 4.17. The van der Waals surface area contributed by atoms with Crippen molar-refractivity contribution in [2.24, 2.45) is 0 Å². The maximum atomic E-state index is 12.3. The minimum absolute atomic E-state index is 0.333. The zero-order valence-electron chi connectivity index (χ0n) is 10.1. The number of anilines is 1. The number of carbonyl (C=O) groups excluding carboxylic acids is 2. The molecule has 1 saturated heterocycles. The molecule has 0 saturated carbocycles. The molecule has 0 N–H and O–H groups in total. The van der Waals surface area contributed by atoms with Crippen molar-refractivity contribution in [3.8, 4) is 0 Å². The van der Waals surface area contributed by atoms with Crippen molar-refractivity contribution in [3.63, 3.8) is 0 Å². The molecule has 0 aliphatic carbocycles. The third-order valence-corrected chi connectivity index (χ3v) is 3.82. The lowest BCUT2D eigenvalue weighted by molar-refractivity contribution is -0.113. The van der Waals surface area contributed by atoms with Gasteiger partial charge in [0.15, 0.2) is 0 Å². The Morgan fingerprint density at radius 2 is 1.90 bits per heavy atom. The van der Waals surface area contributed by atoms with Gasteiger partial charge in [-0.05, 0) is 48.2 Å². The summed E-state index contributed by atoms with van der Waals surface area (Å²) < 4.78 is 5.15. The van der Waals surface area contributed by atoms with Gasteiger partial charge in [-0.1, -0.05) is 11.6 Å². The maximum absolute atomic E-state index is 12.3. The zero-order valence-corrected chi connectivity index (χ0v) is 11.6. The third kappa shape index (κ3) is 2.37. The van der Waals surface area contributed by atoms with Crippen molar-refractivity contribution in [2.45, 2.75) is 0 Å². The van der Waals surface area contributed by atoms with Crippen LogP contribution in [-0.4, -0.2) is 11.1 Å².